The largest absolute Gasteiger partial charge is 0.454 e. The summed E-state index contributed by atoms with van der Waals surface area (Å²) >= 11 is 0. The summed E-state index contributed by atoms with van der Waals surface area (Å²) in [6.07, 6.45) is 0. The molecular formula is C53H35NO. The molecule has 0 N–H and O–H groups in total. The van der Waals surface area contributed by atoms with Crippen LogP contribution in [0.2, 0.25) is 0 Å². The van der Waals surface area contributed by atoms with Crippen LogP contribution in [0.15, 0.2) is 217 Å². The molecule has 1 heterocycles. The number of nitrogens with zero attached hydrogens (tertiary/aromatic N) is 1. The molecule has 10 aromatic rings. The molecule has 1 aromatic heterocycles. The predicted molar refractivity (Wildman–Crippen MR) is 229 cm³/mol. The number of rotatable bonds is 6. The van der Waals surface area contributed by atoms with Crippen LogP contribution in [0.5, 0.6) is 0 Å². The fraction of sp³-hybridized carbons (Fsp3) is 0.0189. The first-order valence-corrected chi connectivity index (χ1v) is 18.9. The lowest BCUT2D eigenvalue weighted by molar-refractivity contribution is 0.669. The minimum atomic E-state index is -0.516. The van der Waals surface area contributed by atoms with E-state index in [1.807, 2.05) is 0 Å². The van der Waals surface area contributed by atoms with Crippen molar-refractivity contribution in [3.8, 4) is 22.3 Å². The second kappa shape index (κ2) is 12.5. The lowest BCUT2D eigenvalue weighted by Gasteiger charge is -2.34. The van der Waals surface area contributed by atoms with Gasteiger partial charge in [0, 0.05) is 22.0 Å². The number of anilines is 3. The summed E-state index contributed by atoms with van der Waals surface area (Å²) in [7, 11) is 0. The molecule has 0 spiro atoms. The second-order valence-corrected chi connectivity index (χ2v) is 14.4. The zero-order valence-electron chi connectivity index (χ0n) is 30.1. The van der Waals surface area contributed by atoms with Crippen LogP contribution in [0.3, 0.4) is 0 Å². The normalized spacial score (nSPS) is 12.9. The monoisotopic (exact) mass is 701 g/mol. The zero-order chi connectivity index (χ0) is 36.3. The summed E-state index contributed by atoms with van der Waals surface area (Å²) in [5.41, 5.74) is 14.2. The minimum absolute atomic E-state index is 0.516. The van der Waals surface area contributed by atoms with Gasteiger partial charge in [0.05, 0.1) is 16.8 Å². The zero-order valence-corrected chi connectivity index (χ0v) is 30.1. The Balaban J connectivity index is 1.23. The average Bonchev–Trinajstić information content (AvgIpc) is 3.80. The van der Waals surface area contributed by atoms with E-state index >= 15 is 0 Å². The van der Waals surface area contributed by atoms with Crippen LogP contribution in [0.1, 0.15) is 22.3 Å². The third-order valence-corrected chi connectivity index (χ3v) is 11.5. The molecule has 258 valence electrons. The summed E-state index contributed by atoms with van der Waals surface area (Å²) in [5.74, 6) is 0. The van der Waals surface area contributed by atoms with Gasteiger partial charge in [-0.3, -0.25) is 0 Å². The van der Waals surface area contributed by atoms with E-state index in [0.717, 1.165) is 39.0 Å². The van der Waals surface area contributed by atoms with E-state index in [4.69, 9.17) is 4.42 Å². The van der Waals surface area contributed by atoms with E-state index in [1.54, 1.807) is 0 Å². The molecule has 0 atom stereocenters. The molecule has 0 saturated heterocycles. The van der Waals surface area contributed by atoms with Crippen LogP contribution in [0.25, 0.3) is 55.0 Å². The average molecular weight is 702 g/mol. The summed E-state index contributed by atoms with van der Waals surface area (Å²) in [6.45, 7) is 0. The molecule has 0 aliphatic heterocycles. The van der Waals surface area contributed by atoms with Gasteiger partial charge in [-0.05, 0) is 80.0 Å². The van der Waals surface area contributed by atoms with Crippen LogP contribution in [0, 0.1) is 0 Å². The molecule has 0 amide bonds. The van der Waals surface area contributed by atoms with Gasteiger partial charge in [-0.2, -0.15) is 0 Å². The van der Waals surface area contributed by atoms with Crippen molar-refractivity contribution in [3.05, 3.63) is 235 Å². The smallest absolute Gasteiger partial charge is 0.159 e. The Morgan fingerprint density at radius 1 is 0.400 bits per heavy atom. The van der Waals surface area contributed by atoms with E-state index in [2.05, 4.69) is 217 Å². The number of hydrogen-bond acceptors (Lipinski definition) is 2. The maximum absolute atomic E-state index is 6.94. The van der Waals surface area contributed by atoms with Crippen LogP contribution >= 0.6 is 0 Å². The van der Waals surface area contributed by atoms with Gasteiger partial charge in [-0.1, -0.05) is 182 Å². The van der Waals surface area contributed by atoms with Crippen LogP contribution in [-0.2, 0) is 5.41 Å². The lowest BCUT2D eigenvalue weighted by atomic mass is 9.68. The van der Waals surface area contributed by atoms with Gasteiger partial charge < -0.3 is 9.32 Å². The van der Waals surface area contributed by atoms with Crippen molar-refractivity contribution >= 4 is 49.8 Å². The first-order chi connectivity index (χ1) is 27.3. The van der Waals surface area contributed by atoms with Crippen molar-refractivity contribution in [1.82, 2.24) is 0 Å². The van der Waals surface area contributed by atoms with Crippen molar-refractivity contribution in [3.63, 3.8) is 0 Å². The van der Waals surface area contributed by atoms with Gasteiger partial charge in [-0.15, -0.1) is 0 Å². The number of furan rings is 1. The van der Waals surface area contributed by atoms with Crippen molar-refractivity contribution < 1.29 is 4.42 Å². The van der Waals surface area contributed by atoms with Crippen molar-refractivity contribution in [2.24, 2.45) is 0 Å². The van der Waals surface area contributed by atoms with Gasteiger partial charge in [0.25, 0.3) is 0 Å². The van der Waals surface area contributed by atoms with Crippen molar-refractivity contribution in [2.75, 3.05) is 4.90 Å². The summed E-state index contributed by atoms with van der Waals surface area (Å²) in [6, 6.07) is 76.9. The molecule has 2 heteroatoms. The summed E-state index contributed by atoms with van der Waals surface area (Å²) in [5, 5.41) is 4.64. The van der Waals surface area contributed by atoms with Gasteiger partial charge in [0.15, 0.2) is 5.58 Å². The van der Waals surface area contributed by atoms with Crippen molar-refractivity contribution in [2.45, 2.75) is 5.41 Å². The number of hydrogen-bond donors (Lipinski definition) is 0. The summed E-state index contributed by atoms with van der Waals surface area (Å²) < 4.78 is 6.94. The van der Waals surface area contributed by atoms with Crippen LogP contribution in [0.4, 0.5) is 17.1 Å². The first-order valence-electron chi connectivity index (χ1n) is 18.9. The van der Waals surface area contributed by atoms with Crippen LogP contribution < -0.4 is 4.90 Å². The predicted octanol–water partition coefficient (Wildman–Crippen LogP) is 14.2. The third-order valence-electron chi connectivity index (χ3n) is 11.5. The minimum Gasteiger partial charge on any atom is -0.454 e. The quantitative estimate of drug-likeness (QED) is 0.172. The Labute approximate surface area is 320 Å². The molecule has 2 nitrogen and oxygen atoms in total. The molecule has 0 saturated carbocycles. The van der Waals surface area contributed by atoms with Crippen LogP contribution in [-0.4, -0.2) is 0 Å². The Bertz CT molecular complexity index is 2980. The highest BCUT2D eigenvalue weighted by Crippen LogP contribution is 2.60. The molecule has 1 aliphatic carbocycles. The molecule has 11 rings (SSSR count). The Kier molecular flexibility index (Phi) is 7.11. The highest BCUT2D eigenvalue weighted by Gasteiger charge is 2.47. The standard InChI is InChI=1S/C53H35NO/c1-4-16-36(17-5-1)37-30-33-41(34-31-37)54(48-29-14-25-44-50-42-23-11-10-18-38(42)32-35-49(50)55-52(44)48)47-28-15-27-46-51(47)43-24-12-13-26-45(43)53(46,39-19-6-2-7-20-39)40-21-8-3-9-22-40/h1-35H. The number of benzene rings is 9. The van der Waals surface area contributed by atoms with Crippen molar-refractivity contribution in [1.29, 1.82) is 0 Å². The highest BCUT2D eigenvalue weighted by atomic mass is 16.3. The van der Waals surface area contributed by atoms with Gasteiger partial charge >= 0.3 is 0 Å². The Morgan fingerprint density at radius 3 is 1.75 bits per heavy atom. The maximum Gasteiger partial charge on any atom is 0.159 e. The highest BCUT2D eigenvalue weighted by molar-refractivity contribution is 6.21. The molecule has 0 bridgehead atoms. The number of para-hydroxylation sites is 1. The Hall–Kier alpha value is -7.16. The second-order valence-electron chi connectivity index (χ2n) is 14.4. The maximum atomic E-state index is 6.94. The fourth-order valence-electron chi connectivity index (χ4n) is 9.23. The third kappa shape index (κ3) is 4.68. The SMILES string of the molecule is c1ccc(-c2ccc(N(c3cccc4c3-c3ccccc3C4(c3ccccc3)c3ccccc3)c3cccc4c3oc3ccc5ccccc5c34)cc2)cc1. The number of fused-ring (bicyclic) bond motifs is 8. The fourth-order valence-corrected chi connectivity index (χ4v) is 9.23. The van der Waals surface area contributed by atoms with E-state index in [1.165, 1.54) is 55.3 Å². The molecule has 1 aliphatic rings. The van der Waals surface area contributed by atoms with E-state index in [0.29, 0.717) is 0 Å². The summed E-state index contributed by atoms with van der Waals surface area (Å²) in [4.78, 5) is 2.42. The van der Waals surface area contributed by atoms with Gasteiger partial charge in [0.2, 0.25) is 0 Å². The van der Waals surface area contributed by atoms with Gasteiger partial charge in [0.1, 0.15) is 5.58 Å². The molecule has 0 unspecified atom stereocenters. The molecular weight excluding hydrogens is 667 g/mol. The first kappa shape index (κ1) is 31.4. The lowest BCUT2D eigenvalue weighted by Crippen LogP contribution is -2.28. The molecule has 55 heavy (non-hydrogen) atoms. The van der Waals surface area contributed by atoms with E-state index < -0.39 is 5.41 Å². The Morgan fingerprint density at radius 2 is 0.982 bits per heavy atom. The van der Waals surface area contributed by atoms with E-state index in [-0.39, 0.29) is 0 Å². The molecule has 9 aromatic carbocycles. The van der Waals surface area contributed by atoms with E-state index in [9.17, 15) is 0 Å². The molecule has 0 radical (unpaired) electrons. The van der Waals surface area contributed by atoms with Gasteiger partial charge in [-0.25, -0.2) is 0 Å². The topological polar surface area (TPSA) is 16.4 Å². The molecule has 0 fully saturated rings.